The molecular formula is C9H17NO3. The first-order chi connectivity index (χ1) is 6.45. The van der Waals surface area contributed by atoms with Gasteiger partial charge in [-0.15, -0.1) is 0 Å². The van der Waals surface area contributed by atoms with Crippen molar-refractivity contribution in [1.82, 2.24) is 5.32 Å². The molecule has 0 aromatic rings. The summed E-state index contributed by atoms with van der Waals surface area (Å²) in [6.07, 6.45) is 2.46. The SMILES string of the molecule is C1CC(CNC2CCOC2)OCO1. The molecule has 4 heteroatoms. The Kier molecular flexibility index (Phi) is 3.55. The van der Waals surface area contributed by atoms with Gasteiger partial charge in [-0.05, 0) is 12.8 Å². The van der Waals surface area contributed by atoms with Crippen LogP contribution in [0.2, 0.25) is 0 Å². The molecule has 13 heavy (non-hydrogen) atoms. The van der Waals surface area contributed by atoms with Crippen LogP contribution in [0.1, 0.15) is 12.8 Å². The third-order valence-corrected chi connectivity index (χ3v) is 2.54. The molecule has 2 aliphatic heterocycles. The molecule has 0 radical (unpaired) electrons. The maximum atomic E-state index is 5.41. The standard InChI is InChI=1S/C9H17NO3/c1-3-11-6-8(1)10-5-9-2-4-12-7-13-9/h8-10H,1-7H2. The average molecular weight is 187 g/mol. The van der Waals surface area contributed by atoms with Crippen LogP contribution in [0.15, 0.2) is 0 Å². The number of hydrogen-bond acceptors (Lipinski definition) is 4. The summed E-state index contributed by atoms with van der Waals surface area (Å²) in [5.74, 6) is 0. The zero-order valence-corrected chi connectivity index (χ0v) is 7.83. The van der Waals surface area contributed by atoms with E-state index < -0.39 is 0 Å². The van der Waals surface area contributed by atoms with Crippen molar-refractivity contribution < 1.29 is 14.2 Å². The van der Waals surface area contributed by atoms with Crippen molar-refractivity contribution in [2.24, 2.45) is 0 Å². The van der Waals surface area contributed by atoms with E-state index in [1.807, 2.05) is 0 Å². The highest BCUT2D eigenvalue weighted by Crippen LogP contribution is 2.07. The van der Waals surface area contributed by atoms with Crippen molar-refractivity contribution in [2.45, 2.75) is 25.0 Å². The van der Waals surface area contributed by atoms with Crippen LogP contribution in [0.5, 0.6) is 0 Å². The van der Waals surface area contributed by atoms with Gasteiger partial charge in [-0.1, -0.05) is 0 Å². The molecule has 1 N–H and O–H groups in total. The second kappa shape index (κ2) is 4.91. The van der Waals surface area contributed by atoms with Gasteiger partial charge in [0.1, 0.15) is 6.79 Å². The minimum Gasteiger partial charge on any atom is -0.380 e. The highest BCUT2D eigenvalue weighted by molar-refractivity contribution is 4.74. The Morgan fingerprint density at radius 1 is 1.15 bits per heavy atom. The van der Waals surface area contributed by atoms with Gasteiger partial charge in [-0.2, -0.15) is 0 Å². The number of ether oxygens (including phenoxy) is 3. The van der Waals surface area contributed by atoms with Crippen molar-refractivity contribution in [1.29, 1.82) is 0 Å². The first-order valence-corrected chi connectivity index (χ1v) is 4.95. The molecule has 2 saturated heterocycles. The lowest BCUT2D eigenvalue weighted by atomic mass is 10.2. The molecule has 2 heterocycles. The fraction of sp³-hybridized carbons (Fsp3) is 1.00. The smallest absolute Gasteiger partial charge is 0.147 e. The molecule has 2 unspecified atom stereocenters. The fourth-order valence-corrected chi connectivity index (χ4v) is 1.66. The highest BCUT2D eigenvalue weighted by atomic mass is 16.7. The molecular weight excluding hydrogens is 170 g/mol. The first-order valence-electron chi connectivity index (χ1n) is 4.95. The lowest BCUT2D eigenvalue weighted by molar-refractivity contribution is -0.137. The van der Waals surface area contributed by atoms with Crippen LogP contribution in [-0.4, -0.2) is 45.3 Å². The Labute approximate surface area is 78.5 Å². The van der Waals surface area contributed by atoms with Crippen molar-refractivity contribution >= 4 is 0 Å². The normalized spacial score (nSPS) is 35.1. The molecule has 2 atom stereocenters. The molecule has 0 spiro atoms. The van der Waals surface area contributed by atoms with Gasteiger partial charge >= 0.3 is 0 Å². The van der Waals surface area contributed by atoms with E-state index in [4.69, 9.17) is 14.2 Å². The summed E-state index contributed by atoms with van der Waals surface area (Å²) < 4.78 is 15.8. The molecule has 2 rings (SSSR count). The van der Waals surface area contributed by atoms with Crippen molar-refractivity contribution in [3.8, 4) is 0 Å². The maximum absolute atomic E-state index is 5.41. The Hall–Kier alpha value is -0.160. The summed E-state index contributed by atoms with van der Waals surface area (Å²) in [5, 5.41) is 3.45. The molecule has 76 valence electrons. The predicted molar refractivity (Wildman–Crippen MR) is 47.5 cm³/mol. The van der Waals surface area contributed by atoms with E-state index in [1.54, 1.807) is 0 Å². The van der Waals surface area contributed by atoms with E-state index in [9.17, 15) is 0 Å². The third-order valence-electron chi connectivity index (χ3n) is 2.54. The van der Waals surface area contributed by atoms with Crippen LogP contribution in [0, 0.1) is 0 Å². The van der Waals surface area contributed by atoms with Crippen LogP contribution in [0.25, 0.3) is 0 Å². The summed E-state index contributed by atoms with van der Waals surface area (Å²) in [5.41, 5.74) is 0. The van der Waals surface area contributed by atoms with Crippen LogP contribution in [0.3, 0.4) is 0 Å². The van der Waals surface area contributed by atoms with Gasteiger partial charge in [0.15, 0.2) is 0 Å². The molecule has 0 saturated carbocycles. The van der Waals surface area contributed by atoms with Crippen LogP contribution >= 0.6 is 0 Å². The van der Waals surface area contributed by atoms with E-state index in [0.29, 0.717) is 18.9 Å². The molecule has 2 fully saturated rings. The van der Waals surface area contributed by atoms with Gasteiger partial charge < -0.3 is 19.5 Å². The molecule has 0 bridgehead atoms. The third kappa shape index (κ3) is 2.91. The maximum Gasteiger partial charge on any atom is 0.147 e. The Morgan fingerprint density at radius 3 is 2.77 bits per heavy atom. The number of rotatable bonds is 3. The Morgan fingerprint density at radius 2 is 2.08 bits per heavy atom. The number of nitrogens with one attached hydrogen (secondary N) is 1. The summed E-state index contributed by atoms with van der Waals surface area (Å²) in [4.78, 5) is 0. The van der Waals surface area contributed by atoms with Crippen molar-refractivity contribution in [3.05, 3.63) is 0 Å². The summed E-state index contributed by atoms with van der Waals surface area (Å²) in [7, 11) is 0. The molecule has 0 amide bonds. The molecule has 4 nitrogen and oxygen atoms in total. The largest absolute Gasteiger partial charge is 0.380 e. The Balaban J connectivity index is 1.60. The van der Waals surface area contributed by atoms with Gasteiger partial charge in [0.05, 0.1) is 19.3 Å². The van der Waals surface area contributed by atoms with Gasteiger partial charge in [0, 0.05) is 19.2 Å². The summed E-state index contributed by atoms with van der Waals surface area (Å²) in [6, 6.07) is 0.534. The second-order valence-corrected chi connectivity index (χ2v) is 3.57. The lowest BCUT2D eigenvalue weighted by Gasteiger charge is -2.24. The highest BCUT2D eigenvalue weighted by Gasteiger charge is 2.18. The minimum atomic E-state index is 0.328. The summed E-state index contributed by atoms with van der Waals surface area (Å²) in [6.45, 7) is 3.95. The van der Waals surface area contributed by atoms with Crippen LogP contribution in [-0.2, 0) is 14.2 Å². The average Bonchev–Trinajstić information content (AvgIpc) is 2.69. The van der Waals surface area contributed by atoms with Gasteiger partial charge in [-0.3, -0.25) is 0 Å². The van der Waals surface area contributed by atoms with Crippen molar-refractivity contribution in [3.63, 3.8) is 0 Å². The zero-order valence-electron chi connectivity index (χ0n) is 7.83. The lowest BCUT2D eigenvalue weighted by Crippen LogP contribution is -2.39. The van der Waals surface area contributed by atoms with Gasteiger partial charge in [-0.25, -0.2) is 0 Å². The van der Waals surface area contributed by atoms with Crippen LogP contribution < -0.4 is 5.32 Å². The molecule has 0 aromatic heterocycles. The minimum absolute atomic E-state index is 0.328. The molecule has 2 aliphatic rings. The molecule has 0 aliphatic carbocycles. The number of hydrogen-bond donors (Lipinski definition) is 1. The second-order valence-electron chi connectivity index (χ2n) is 3.57. The first kappa shape index (κ1) is 9.40. The van der Waals surface area contributed by atoms with Gasteiger partial charge in [0.25, 0.3) is 0 Å². The summed E-state index contributed by atoms with van der Waals surface area (Å²) >= 11 is 0. The van der Waals surface area contributed by atoms with E-state index in [1.165, 1.54) is 0 Å². The van der Waals surface area contributed by atoms with E-state index in [-0.39, 0.29) is 0 Å². The van der Waals surface area contributed by atoms with Crippen LogP contribution in [0.4, 0.5) is 0 Å². The van der Waals surface area contributed by atoms with Crippen molar-refractivity contribution in [2.75, 3.05) is 33.2 Å². The zero-order chi connectivity index (χ0) is 8.93. The van der Waals surface area contributed by atoms with E-state index in [2.05, 4.69) is 5.32 Å². The quantitative estimate of drug-likeness (QED) is 0.681. The Bertz CT molecular complexity index is 142. The topological polar surface area (TPSA) is 39.7 Å². The monoisotopic (exact) mass is 187 g/mol. The predicted octanol–water partition coefficient (Wildman–Crippen LogP) is 0.128. The molecule has 0 aromatic carbocycles. The van der Waals surface area contributed by atoms with E-state index in [0.717, 1.165) is 39.2 Å². The fourth-order valence-electron chi connectivity index (χ4n) is 1.66. The van der Waals surface area contributed by atoms with E-state index >= 15 is 0 Å². The van der Waals surface area contributed by atoms with Gasteiger partial charge in [0.2, 0.25) is 0 Å².